The number of rotatable bonds is 7. The van der Waals surface area contributed by atoms with E-state index in [0.29, 0.717) is 16.5 Å². The van der Waals surface area contributed by atoms with Crippen LogP contribution in [0.4, 0.5) is 0 Å². The van der Waals surface area contributed by atoms with Gasteiger partial charge in [-0.3, -0.25) is 0 Å². The molecule has 5 nitrogen and oxygen atoms in total. The molecule has 0 N–H and O–H groups in total. The van der Waals surface area contributed by atoms with E-state index in [1.165, 1.54) is 0 Å². The molecular formula is C20H23N2O3PS. The van der Waals surface area contributed by atoms with Crippen molar-refractivity contribution < 1.29 is 13.6 Å². The van der Waals surface area contributed by atoms with E-state index in [9.17, 15) is 9.83 Å². The van der Waals surface area contributed by atoms with Gasteiger partial charge in [-0.1, -0.05) is 69.4 Å². The van der Waals surface area contributed by atoms with Gasteiger partial charge in [-0.05, 0) is 24.3 Å². The minimum absolute atomic E-state index is 0.00358. The molecule has 0 saturated heterocycles. The lowest BCUT2D eigenvalue weighted by Crippen LogP contribution is -2.39. The normalized spacial score (nSPS) is 11.3. The van der Waals surface area contributed by atoms with Crippen LogP contribution < -0.4 is 9.05 Å². The Hall–Kier alpha value is -2.35. The standard InChI is InChI=1S/C20H23N2O3PS/c1-20(2,3)19(27)22(15-14-21)16-26(23,24-17-10-6-4-7-11-17)25-18-12-8-5-9-13-18/h4-13H,15-16H2,1-3H3. The van der Waals surface area contributed by atoms with Crippen molar-refractivity contribution in [3.63, 3.8) is 0 Å². The maximum absolute atomic E-state index is 13.6. The lowest BCUT2D eigenvalue weighted by atomic mass is 9.96. The van der Waals surface area contributed by atoms with Crippen molar-refractivity contribution in [3.8, 4) is 17.6 Å². The number of nitriles is 1. The Balaban J connectivity index is 2.34. The van der Waals surface area contributed by atoms with E-state index < -0.39 is 7.60 Å². The van der Waals surface area contributed by atoms with Crippen LogP contribution in [-0.2, 0) is 4.57 Å². The highest BCUT2D eigenvalue weighted by atomic mass is 32.1. The molecule has 2 aromatic rings. The number of hydrogen-bond acceptors (Lipinski definition) is 5. The first-order valence-corrected chi connectivity index (χ1v) is 10.6. The summed E-state index contributed by atoms with van der Waals surface area (Å²) < 4.78 is 25.1. The number of benzene rings is 2. The maximum atomic E-state index is 13.6. The zero-order chi connectivity index (χ0) is 19.9. The monoisotopic (exact) mass is 402 g/mol. The van der Waals surface area contributed by atoms with Crippen LogP contribution in [0.5, 0.6) is 11.5 Å². The van der Waals surface area contributed by atoms with Crippen LogP contribution in [0.3, 0.4) is 0 Å². The third-order valence-electron chi connectivity index (χ3n) is 3.51. The van der Waals surface area contributed by atoms with Gasteiger partial charge in [0.2, 0.25) is 0 Å². The third kappa shape index (κ3) is 6.39. The molecule has 0 saturated carbocycles. The van der Waals surface area contributed by atoms with E-state index in [1.54, 1.807) is 53.4 Å². The van der Waals surface area contributed by atoms with Gasteiger partial charge in [0.15, 0.2) is 0 Å². The number of nitrogens with zero attached hydrogens (tertiary/aromatic N) is 2. The fourth-order valence-electron chi connectivity index (χ4n) is 2.32. The van der Waals surface area contributed by atoms with Gasteiger partial charge in [0.1, 0.15) is 24.3 Å². The van der Waals surface area contributed by atoms with Gasteiger partial charge < -0.3 is 13.9 Å². The first-order chi connectivity index (χ1) is 12.7. The summed E-state index contributed by atoms with van der Waals surface area (Å²) in [6.45, 7) is 5.83. The molecule has 27 heavy (non-hydrogen) atoms. The molecule has 2 aromatic carbocycles. The SMILES string of the molecule is CC(C)(C)C(=S)N(CC#N)CP(=O)(Oc1ccccc1)Oc1ccccc1. The van der Waals surface area contributed by atoms with E-state index in [-0.39, 0.29) is 18.2 Å². The van der Waals surface area contributed by atoms with Crippen LogP contribution >= 0.6 is 19.8 Å². The smallest absolute Gasteiger partial charge is 0.415 e. The van der Waals surface area contributed by atoms with Crippen LogP contribution in [0.1, 0.15) is 20.8 Å². The van der Waals surface area contributed by atoms with Crippen LogP contribution in [0.15, 0.2) is 60.7 Å². The van der Waals surface area contributed by atoms with E-state index in [0.717, 1.165) is 0 Å². The third-order valence-corrected chi connectivity index (χ3v) is 6.05. The molecule has 0 aliphatic carbocycles. The van der Waals surface area contributed by atoms with Crippen molar-refractivity contribution in [2.75, 3.05) is 12.8 Å². The summed E-state index contributed by atoms with van der Waals surface area (Å²) in [5, 5.41) is 9.20. The highest BCUT2D eigenvalue weighted by Gasteiger charge is 2.35. The Morgan fingerprint density at radius 1 is 1.04 bits per heavy atom. The minimum Gasteiger partial charge on any atom is -0.415 e. The predicted octanol–water partition coefficient (Wildman–Crippen LogP) is 5.49. The second-order valence-electron chi connectivity index (χ2n) is 6.97. The van der Waals surface area contributed by atoms with Gasteiger partial charge in [0.25, 0.3) is 0 Å². The van der Waals surface area contributed by atoms with Gasteiger partial charge in [-0.15, -0.1) is 0 Å². The second kappa shape index (κ2) is 9.03. The maximum Gasteiger partial charge on any atom is 0.449 e. The van der Waals surface area contributed by atoms with Crippen molar-refractivity contribution >= 4 is 24.8 Å². The molecule has 0 heterocycles. The summed E-state index contributed by atoms with van der Waals surface area (Å²) >= 11 is 5.52. The molecule has 0 aliphatic heterocycles. The number of hydrogen-bond donors (Lipinski definition) is 0. The molecule has 0 aliphatic rings. The number of thiocarbonyl (C=S) groups is 1. The fourth-order valence-corrected chi connectivity index (χ4v) is 4.24. The second-order valence-corrected chi connectivity index (χ2v) is 9.23. The zero-order valence-electron chi connectivity index (χ0n) is 15.7. The van der Waals surface area contributed by atoms with Crippen molar-refractivity contribution in [3.05, 3.63) is 60.7 Å². The molecule has 142 valence electrons. The van der Waals surface area contributed by atoms with Crippen molar-refractivity contribution in [2.45, 2.75) is 20.8 Å². The minimum atomic E-state index is -3.69. The number of para-hydroxylation sites is 2. The van der Waals surface area contributed by atoms with Crippen molar-refractivity contribution in [1.82, 2.24) is 4.90 Å². The van der Waals surface area contributed by atoms with Gasteiger partial charge in [-0.25, -0.2) is 4.57 Å². The highest BCUT2D eigenvalue weighted by molar-refractivity contribution is 7.80. The van der Waals surface area contributed by atoms with Crippen LogP contribution in [0, 0.1) is 16.7 Å². The van der Waals surface area contributed by atoms with E-state index in [1.807, 2.05) is 32.9 Å². The first kappa shape index (κ1) is 21.0. The fraction of sp³-hybridized carbons (Fsp3) is 0.300. The highest BCUT2D eigenvalue weighted by Crippen LogP contribution is 2.49. The lowest BCUT2D eigenvalue weighted by molar-refractivity contribution is 0.354. The zero-order valence-corrected chi connectivity index (χ0v) is 17.4. The lowest BCUT2D eigenvalue weighted by Gasteiger charge is -2.33. The van der Waals surface area contributed by atoms with E-state index in [2.05, 4.69) is 6.07 Å². The van der Waals surface area contributed by atoms with Crippen molar-refractivity contribution in [1.29, 1.82) is 5.26 Å². The molecular weight excluding hydrogens is 379 g/mol. The molecule has 0 spiro atoms. The quantitative estimate of drug-likeness (QED) is 0.346. The molecule has 0 bridgehead atoms. The topological polar surface area (TPSA) is 62.6 Å². The summed E-state index contributed by atoms with van der Waals surface area (Å²) in [4.78, 5) is 2.11. The predicted molar refractivity (Wildman–Crippen MR) is 111 cm³/mol. The van der Waals surface area contributed by atoms with Gasteiger partial charge in [0.05, 0.1) is 11.1 Å². The van der Waals surface area contributed by atoms with Gasteiger partial charge in [-0.2, -0.15) is 5.26 Å². The van der Waals surface area contributed by atoms with Gasteiger partial charge in [0, 0.05) is 5.41 Å². The van der Waals surface area contributed by atoms with Gasteiger partial charge >= 0.3 is 7.60 Å². The molecule has 0 atom stereocenters. The first-order valence-electron chi connectivity index (χ1n) is 8.48. The Bertz CT molecular complexity index is 800. The summed E-state index contributed by atoms with van der Waals surface area (Å²) in [5.41, 5.74) is -0.365. The van der Waals surface area contributed by atoms with E-state index in [4.69, 9.17) is 21.3 Å². The molecule has 0 fully saturated rings. The van der Waals surface area contributed by atoms with Crippen LogP contribution in [0.2, 0.25) is 0 Å². The molecule has 0 aromatic heterocycles. The van der Waals surface area contributed by atoms with Crippen LogP contribution in [-0.4, -0.2) is 22.7 Å². The Labute approximate surface area is 166 Å². The summed E-state index contributed by atoms with van der Waals surface area (Å²) in [6.07, 6.45) is -0.125. The average molecular weight is 402 g/mol. The molecule has 7 heteroatoms. The largest absolute Gasteiger partial charge is 0.449 e. The molecule has 0 amide bonds. The Kier molecular flexibility index (Phi) is 7.01. The summed E-state index contributed by atoms with van der Waals surface area (Å²) in [6, 6.07) is 19.7. The Morgan fingerprint density at radius 2 is 1.48 bits per heavy atom. The average Bonchev–Trinajstić information content (AvgIpc) is 2.61. The molecule has 2 rings (SSSR count). The van der Waals surface area contributed by atoms with Crippen LogP contribution in [0.25, 0.3) is 0 Å². The Morgan fingerprint density at radius 3 is 1.85 bits per heavy atom. The molecule has 0 radical (unpaired) electrons. The summed E-state index contributed by atoms with van der Waals surface area (Å²) in [7, 11) is -3.69. The summed E-state index contributed by atoms with van der Waals surface area (Å²) in [5.74, 6) is 0.852. The van der Waals surface area contributed by atoms with E-state index >= 15 is 0 Å². The molecule has 0 unspecified atom stereocenters. The van der Waals surface area contributed by atoms with Crippen molar-refractivity contribution in [2.24, 2.45) is 5.41 Å².